The molecule has 2 aromatic carbocycles. The number of nitrogens with zero attached hydrogens (tertiary/aromatic N) is 1. The zero-order chi connectivity index (χ0) is 21.1. The molecule has 0 radical (unpaired) electrons. The second-order valence-corrected chi connectivity index (χ2v) is 8.56. The van der Waals surface area contributed by atoms with E-state index in [9.17, 15) is 9.59 Å². The van der Waals surface area contributed by atoms with Crippen molar-refractivity contribution < 1.29 is 14.3 Å². The largest absolute Gasteiger partial charge is 0.376 e. The first-order valence-electron chi connectivity index (χ1n) is 10.8. The maximum atomic E-state index is 13.6. The van der Waals surface area contributed by atoms with Gasteiger partial charge in [0.1, 0.15) is 0 Å². The van der Waals surface area contributed by atoms with Gasteiger partial charge in [-0.3, -0.25) is 9.59 Å². The van der Waals surface area contributed by atoms with E-state index in [2.05, 4.69) is 5.32 Å². The van der Waals surface area contributed by atoms with Gasteiger partial charge in [0.2, 0.25) is 11.8 Å². The highest BCUT2D eigenvalue weighted by Gasteiger charge is 2.53. The lowest BCUT2D eigenvalue weighted by Crippen LogP contribution is -2.46. The second kappa shape index (κ2) is 8.60. The number of carbonyl (C=O) groups excluding carboxylic acids is 2. The molecule has 5 heteroatoms. The summed E-state index contributed by atoms with van der Waals surface area (Å²) in [6.07, 6.45) is 3.60. The van der Waals surface area contributed by atoms with Crippen LogP contribution in [0.25, 0.3) is 0 Å². The Balaban J connectivity index is 1.52. The Morgan fingerprint density at radius 1 is 1.10 bits per heavy atom. The quantitative estimate of drug-likeness (QED) is 0.757. The normalized spacial score (nSPS) is 19.3. The average molecular weight is 407 g/mol. The van der Waals surface area contributed by atoms with Gasteiger partial charge in [0, 0.05) is 18.8 Å². The van der Waals surface area contributed by atoms with Gasteiger partial charge in [0.15, 0.2) is 0 Å². The smallest absolute Gasteiger partial charge is 0.244 e. The molecule has 0 spiro atoms. The molecule has 0 unspecified atom stereocenters. The van der Waals surface area contributed by atoms with Crippen LogP contribution in [0.4, 0.5) is 5.69 Å². The van der Waals surface area contributed by atoms with Crippen molar-refractivity contribution in [2.24, 2.45) is 0 Å². The highest BCUT2D eigenvalue weighted by molar-refractivity contribution is 5.98. The lowest BCUT2D eigenvalue weighted by atomic mass is 9.94. The van der Waals surface area contributed by atoms with Gasteiger partial charge >= 0.3 is 0 Å². The molecule has 1 atom stereocenters. The first kappa shape index (κ1) is 20.6. The van der Waals surface area contributed by atoms with Crippen molar-refractivity contribution in [2.75, 3.05) is 25.0 Å². The van der Waals surface area contributed by atoms with Crippen LogP contribution in [0.1, 0.15) is 42.4 Å². The van der Waals surface area contributed by atoms with Crippen LogP contribution in [0.5, 0.6) is 0 Å². The maximum Gasteiger partial charge on any atom is 0.244 e. The van der Waals surface area contributed by atoms with Crippen molar-refractivity contribution >= 4 is 17.5 Å². The molecular formula is C25H30N2O3. The Kier molecular flexibility index (Phi) is 5.91. The second-order valence-electron chi connectivity index (χ2n) is 8.56. The minimum Gasteiger partial charge on any atom is -0.376 e. The van der Waals surface area contributed by atoms with E-state index >= 15 is 0 Å². The number of amides is 2. The Bertz CT molecular complexity index is 915. The number of carbonyl (C=O) groups is 2. The predicted molar refractivity (Wildman–Crippen MR) is 117 cm³/mol. The molecule has 1 aliphatic heterocycles. The Labute approximate surface area is 178 Å². The third-order valence-corrected chi connectivity index (χ3v) is 6.43. The Hall–Kier alpha value is -2.66. The van der Waals surface area contributed by atoms with Gasteiger partial charge in [-0.1, -0.05) is 42.5 Å². The number of hydrogen-bond donors (Lipinski definition) is 1. The topological polar surface area (TPSA) is 58.6 Å². The highest BCUT2D eigenvalue weighted by atomic mass is 16.5. The fraction of sp³-hybridized carbons (Fsp3) is 0.440. The fourth-order valence-electron chi connectivity index (χ4n) is 4.31. The van der Waals surface area contributed by atoms with Gasteiger partial charge in [-0.15, -0.1) is 0 Å². The van der Waals surface area contributed by atoms with E-state index in [1.165, 1.54) is 0 Å². The molecule has 1 saturated carbocycles. The van der Waals surface area contributed by atoms with Gasteiger partial charge in [-0.25, -0.2) is 0 Å². The Morgan fingerprint density at radius 3 is 2.53 bits per heavy atom. The van der Waals surface area contributed by atoms with Crippen LogP contribution in [0.2, 0.25) is 0 Å². The van der Waals surface area contributed by atoms with Crippen molar-refractivity contribution in [2.45, 2.75) is 51.0 Å². The van der Waals surface area contributed by atoms with Crippen LogP contribution in [-0.2, 0) is 19.7 Å². The van der Waals surface area contributed by atoms with Gasteiger partial charge in [-0.05, 0) is 62.3 Å². The molecule has 1 saturated heterocycles. The van der Waals surface area contributed by atoms with Crippen LogP contribution >= 0.6 is 0 Å². The van der Waals surface area contributed by atoms with Crippen LogP contribution < -0.4 is 5.32 Å². The number of hydrogen-bond acceptors (Lipinski definition) is 3. The summed E-state index contributed by atoms with van der Waals surface area (Å²) in [6, 6.07) is 15.8. The predicted octanol–water partition coefficient (Wildman–Crippen LogP) is 3.98. The molecule has 1 N–H and O–H groups in total. The van der Waals surface area contributed by atoms with E-state index in [-0.39, 0.29) is 24.5 Å². The first-order valence-corrected chi connectivity index (χ1v) is 10.8. The molecule has 30 heavy (non-hydrogen) atoms. The van der Waals surface area contributed by atoms with Gasteiger partial charge in [0.25, 0.3) is 0 Å². The zero-order valence-electron chi connectivity index (χ0n) is 17.8. The molecule has 1 heterocycles. The number of nitrogens with one attached hydrogen (secondary N) is 1. The maximum absolute atomic E-state index is 13.6. The van der Waals surface area contributed by atoms with Crippen LogP contribution in [0.3, 0.4) is 0 Å². The molecule has 5 nitrogen and oxygen atoms in total. The summed E-state index contributed by atoms with van der Waals surface area (Å²) in [5.41, 5.74) is 3.53. The summed E-state index contributed by atoms with van der Waals surface area (Å²) in [6.45, 7) is 5.25. The van der Waals surface area contributed by atoms with Crippen LogP contribution in [-0.4, -0.2) is 42.5 Å². The van der Waals surface area contributed by atoms with Crippen LogP contribution in [0.15, 0.2) is 48.5 Å². The Morgan fingerprint density at radius 2 is 1.87 bits per heavy atom. The minimum absolute atomic E-state index is 0.00836. The van der Waals surface area contributed by atoms with E-state index in [4.69, 9.17) is 4.74 Å². The van der Waals surface area contributed by atoms with Crippen molar-refractivity contribution in [1.29, 1.82) is 0 Å². The molecule has 158 valence electrons. The van der Waals surface area contributed by atoms with Crippen molar-refractivity contribution in [3.63, 3.8) is 0 Å². The monoisotopic (exact) mass is 406 g/mol. The first-order chi connectivity index (χ1) is 14.5. The van der Waals surface area contributed by atoms with Crippen LogP contribution in [0, 0.1) is 13.8 Å². The summed E-state index contributed by atoms with van der Waals surface area (Å²) in [7, 11) is 0. The van der Waals surface area contributed by atoms with Crippen molar-refractivity contribution in [3.8, 4) is 0 Å². The van der Waals surface area contributed by atoms with E-state index < -0.39 is 5.41 Å². The number of aryl methyl sites for hydroxylation is 1. The molecule has 4 rings (SSSR count). The molecule has 2 aliphatic rings. The molecule has 1 aliphatic carbocycles. The summed E-state index contributed by atoms with van der Waals surface area (Å²) in [4.78, 5) is 28.2. The molecular weight excluding hydrogens is 376 g/mol. The van der Waals surface area contributed by atoms with Crippen molar-refractivity contribution in [3.05, 3.63) is 65.2 Å². The minimum atomic E-state index is -0.487. The summed E-state index contributed by atoms with van der Waals surface area (Å²) >= 11 is 0. The highest BCUT2D eigenvalue weighted by Crippen LogP contribution is 2.49. The lowest BCUT2D eigenvalue weighted by Gasteiger charge is -2.29. The molecule has 0 aromatic heterocycles. The van der Waals surface area contributed by atoms with E-state index in [1.807, 2.05) is 62.4 Å². The van der Waals surface area contributed by atoms with E-state index in [1.54, 1.807) is 4.90 Å². The molecule has 2 aromatic rings. The average Bonchev–Trinajstić information content (AvgIpc) is 3.41. The zero-order valence-corrected chi connectivity index (χ0v) is 17.8. The number of ether oxygens (including phenoxy) is 1. The van der Waals surface area contributed by atoms with E-state index in [0.29, 0.717) is 6.54 Å². The molecule has 2 fully saturated rings. The van der Waals surface area contributed by atoms with Gasteiger partial charge in [0.05, 0.1) is 18.1 Å². The number of anilines is 1. The van der Waals surface area contributed by atoms with Crippen molar-refractivity contribution in [1.82, 2.24) is 4.90 Å². The third kappa shape index (κ3) is 4.26. The number of rotatable bonds is 7. The third-order valence-electron chi connectivity index (χ3n) is 6.43. The standard InChI is InChI=1S/C25H30N2O3/c1-18-8-6-12-22(19(18)2)26-23(28)17-27(16-21-11-7-15-30-21)24(29)25(13-14-25)20-9-4-3-5-10-20/h3-6,8-10,12,21H,7,11,13-17H2,1-2H3,(H,26,28)/t21-/m1/s1. The molecule has 0 bridgehead atoms. The number of benzene rings is 2. The van der Waals surface area contributed by atoms with Gasteiger partial charge in [-0.2, -0.15) is 0 Å². The summed E-state index contributed by atoms with van der Waals surface area (Å²) < 4.78 is 5.78. The lowest BCUT2D eigenvalue weighted by molar-refractivity contribution is -0.138. The fourth-order valence-corrected chi connectivity index (χ4v) is 4.31. The van der Waals surface area contributed by atoms with E-state index in [0.717, 1.165) is 54.7 Å². The van der Waals surface area contributed by atoms with Gasteiger partial charge < -0.3 is 15.0 Å². The molecule has 2 amide bonds. The SMILES string of the molecule is Cc1cccc(NC(=O)CN(C[C@H]2CCCO2)C(=O)C2(c3ccccc3)CC2)c1C. The summed E-state index contributed by atoms with van der Waals surface area (Å²) in [5.74, 6) is -0.126. The summed E-state index contributed by atoms with van der Waals surface area (Å²) in [5, 5.41) is 3.00.